The first kappa shape index (κ1) is 13.2. The highest BCUT2D eigenvalue weighted by atomic mass is 35.5. The molecule has 4 rings (SSSR count). The van der Waals surface area contributed by atoms with Crippen molar-refractivity contribution < 1.29 is 0 Å². The molecule has 2 aromatic rings. The first-order valence-electron chi connectivity index (χ1n) is 7.21. The zero-order valence-electron chi connectivity index (χ0n) is 11.4. The zero-order valence-corrected chi connectivity index (χ0v) is 12.9. The number of fused-ring (bicyclic) bond motifs is 3. The van der Waals surface area contributed by atoms with Gasteiger partial charge in [0.25, 0.3) is 0 Å². The Morgan fingerprint density at radius 1 is 1.05 bits per heavy atom. The van der Waals surface area contributed by atoms with E-state index in [-0.39, 0.29) is 6.04 Å². The van der Waals surface area contributed by atoms with Crippen LogP contribution in [0.25, 0.3) is 0 Å². The molecular weight excluding hydrogens is 301 g/mol. The summed E-state index contributed by atoms with van der Waals surface area (Å²) in [4.78, 5) is 0. The Balaban J connectivity index is 1.84. The van der Waals surface area contributed by atoms with E-state index in [2.05, 4.69) is 47.8 Å². The number of rotatable bonds is 1. The molecule has 1 heterocycles. The molecule has 2 aliphatic rings. The van der Waals surface area contributed by atoms with Gasteiger partial charge >= 0.3 is 0 Å². The van der Waals surface area contributed by atoms with Crippen LogP contribution in [0.2, 0.25) is 10.0 Å². The average molecular weight is 316 g/mol. The average Bonchev–Trinajstić information content (AvgIpc) is 2.97. The van der Waals surface area contributed by atoms with Crippen molar-refractivity contribution in [3.05, 3.63) is 75.8 Å². The summed E-state index contributed by atoms with van der Waals surface area (Å²) in [6.45, 7) is 0. The summed E-state index contributed by atoms with van der Waals surface area (Å²) in [5.74, 6) is 0.914. The second kappa shape index (κ2) is 5.08. The lowest BCUT2D eigenvalue weighted by atomic mass is 9.77. The van der Waals surface area contributed by atoms with E-state index in [0.717, 1.165) is 12.1 Å². The molecule has 0 saturated heterocycles. The van der Waals surface area contributed by atoms with Crippen LogP contribution in [0.3, 0.4) is 0 Å². The van der Waals surface area contributed by atoms with Crippen LogP contribution >= 0.6 is 23.2 Å². The van der Waals surface area contributed by atoms with Crippen molar-refractivity contribution in [2.45, 2.75) is 18.4 Å². The standard InChI is InChI=1S/C18H15Cl2N/c19-12-9-15-13-7-4-8-14(13)17(11-5-2-1-3-6-11)21-18(15)16(20)10-12/h1-7,9-10,13-14,17,21H,8H2/t13-,14-,17-/m0/s1. The molecular formula is C18H15Cl2N. The molecule has 0 amide bonds. The third-order valence-corrected chi connectivity index (χ3v) is 5.06. The molecule has 1 aliphatic heterocycles. The predicted molar refractivity (Wildman–Crippen MR) is 89.3 cm³/mol. The lowest BCUT2D eigenvalue weighted by molar-refractivity contribution is 0.425. The molecule has 106 valence electrons. The summed E-state index contributed by atoms with van der Waals surface area (Å²) in [6, 6.07) is 14.7. The van der Waals surface area contributed by atoms with Crippen molar-refractivity contribution in [1.29, 1.82) is 0 Å². The van der Waals surface area contributed by atoms with Gasteiger partial charge in [0.15, 0.2) is 0 Å². The third kappa shape index (κ3) is 2.16. The van der Waals surface area contributed by atoms with Gasteiger partial charge in [0.1, 0.15) is 0 Å². The fraction of sp³-hybridized carbons (Fsp3) is 0.222. The highest BCUT2D eigenvalue weighted by Gasteiger charge is 2.38. The number of anilines is 1. The topological polar surface area (TPSA) is 12.0 Å². The Morgan fingerprint density at radius 2 is 1.86 bits per heavy atom. The van der Waals surface area contributed by atoms with E-state index in [1.54, 1.807) is 0 Å². The minimum absolute atomic E-state index is 0.289. The summed E-state index contributed by atoms with van der Waals surface area (Å²) >= 11 is 12.6. The van der Waals surface area contributed by atoms with Crippen molar-refractivity contribution in [3.63, 3.8) is 0 Å². The monoisotopic (exact) mass is 315 g/mol. The largest absolute Gasteiger partial charge is 0.376 e. The lowest BCUT2D eigenvalue weighted by Crippen LogP contribution is -2.29. The molecule has 3 atom stereocenters. The quantitative estimate of drug-likeness (QED) is 0.654. The summed E-state index contributed by atoms with van der Waals surface area (Å²) in [5.41, 5.74) is 3.56. The van der Waals surface area contributed by atoms with E-state index in [1.807, 2.05) is 12.1 Å². The van der Waals surface area contributed by atoms with Gasteiger partial charge in [0, 0.05) is 10.9 Å². The van der Waals surface area contributed by atoms with E-state index in [4.69, 9.17) is 23.2 Å². The third-order valence-electron chi connectivity index (χ3n) is 4.54. The Labute approximate surface area is 134 Å². The first-order valence-corrected chi connectivity index (χ1v) is 7.97. The zero-order chi connectivity index (χ0) is 14.4. The van der Waals surface area contributed by atoms with Crippen molar-refractivity contribution in [2.75, 3.05) is 5.32 Å². The van der Waals surface area contributed by atoms with Gasteiger partial charge in [-0.1, -0.05) is 65.7 Å². The lowest BCUT2D eigenvalue weighted by Gasteiger charge is -2.38. The fourth-order valence-corrected chi connectivity index (χ4v) is 4.18. The van der Waals surface area contributed by atoms with E-state index in [0.29, 0.717) is 21.9 Å². The number of benzene rings is 2. The predicted octanol–water partition coefficient (Wildman–Crippen LogP) is 5.82. The van der Waals surface area contributed by atoms with Gasteiger partial charge in [-0.3, -0.25) is 0 Å². The molecule has 0 fully saturated rings. The molecule has 0 spiro atoms. The molecule has 0 aromatic heterocycles. The Hall–Kier alpha value is -1.44. The van der Waals surface area contributed by atoms with Crippen molar-refractivity contribution in [1.82, 2.24) is 0 Å². The summed E-state index contributed by atoms with van der Waals surface area (Å²) in [5, 5.41) is 5.06. The van der Waals surface area contributed by atoms with Crippen LogP contribution in [0, 0.1) is 5.92 Å². The van der Waals surface area contributed by atoms with Gasteiger partial charge in [-0.25, -0.2) is 0 Å². The number of nitrogens with one attached hydrogen (secondary N) is 1. The van der Waals surface area contributed by atoms with Crippen LogP contribution in [0.5, 0.6) is 0 Å². The minimum atomic E-state index is 0.289. The second-order valence-electron chi connectivity index (χ2n) is 5.74. The number of hydrogen-bond donors (Lipinski definition) is 1. The smallest absolute Gasteiger partial charge is 0.0655 e. The van der Waals surface area contributed by atoms with Gasteiger partial charge < -0.3 is 5.32 Å². The Morgan fingerprint density at radius 3 is 2.67 bits per heavy atom. The highest BCUT2D eigenvalue weighted by molar-refractivity contribution is 6.36. The number of allylic oxidation sites excluding steroid dienone is 2. The molecule has 0 saturated carbocycles. The molecule has 0 unspecified atom stereocenters. The van der Waals surface area contributed by atoms with E-state index >= 15 is 0 Å². The van der Waals surface area contributed by atoms with Crippen LogP contribution in [0.1, 0.15) is 29.5 Å². The molecule has 2 aromatic carbocycles. The maximum absolute atomic E-state index is 6.42. The first-order chi connectivity index (χ1) is 10.2. The number of halogens is 2. The molecule has 0 bridgehead atoms. The molecule has 21 heavy (non-hydrogen) atoms. The molecule has 3 heteroatoms. The Bertz CT molecular complexity index is 709. The summed E-state index contributed by atoms with van der Waals surface area (Å²) in [6.07, 6.45) is 5.66. The SMILES string of the molecule is Clc1cc(Cl)c2c(c1)[C@H]1C=CC[C@@H]1[C@H](c1ccccc1)N2. The summed E-state index contributed by atoms with van der Waals surface area (Å²) in [7, 11) is 0. The Kier molecular flexibility index (Phi) is 3.20. The van der Waals surface area contributed by atoms with Gasteiger partial charge in [0.2, 0.25) is 0 Å². The van der Waals surface area contributed by atoms with Crippen molar-refractivity contribution in [3.8, 4) is 0 Å². The maximum Gasteiger partial charge on any atom is 0.0655 e. The van der Waals surface area contributed by atoms with E-state index in [1.165, 1.54) is 11.1 Å². The van der Waals surface area contributed by atoms with Crippen molar-refractivity contribution >= 4 is 28.9 Å². The molecule has 1 aliphatic carbocycles. The maximum atomic E-state index is 6.42. The molecule has 1 nitrogen and oxygen atoms in total. The fourth-order valence-electron chi connectivity index (χ4n) is 3.61. The summed E-state index contributed by atoms with van der Waals surface area (Å²) < 4.78 is 0. The van der Waals surface area contributed by atoms with Crippen molar-refractivity contribution in [2.24, 2.45) is 5.92 Å². The second-order valence-corrected chi connectivity index (χ2v) is 6.58. The van der Waals surface area contributed by atoms with Crippen LogP contribution in [0.4, 0.5) is 5.69 Å². The minimum Gasteiger partial charge on any atom is -0.376 e. The van der Waals surface area contributed by atoms with Crippen LogP contribution < -0.4 is 5.32 Å². The molecule has 1 N–H and O–H groups in total. The van der Waals surface area contributed by atoms with Gasteiger partial charge in [-0.2, -0.15) is 0 Å². The number of hydrogen-bond acceptors (Lipinski definition) is 1. The van der Waals surface area contributed by atoms with Crippen LogP contribution in [-0.2, 0) is 0 Å². The van der Waals surface area contributed by atoms with Crippen LogP contribution in [-0.4, -0.2) is 0 Å². The van der Waals surface area contributed by atoms with E-state index < -0.39 is 0 Å². The van der Waals surface area contributed by atoms with Gasteiger partial charge in [-0.15, -0.1) is 0 Å². The molecule has 0 radical (unpaired) electrons. The van der Waals surface area contributed by atoms with Gasteiger partial charge in [-0.05, 0) is 35.6 Å². The highest BCUT2D eigenvalue weighted by Crippen LogP contribution is 2.52. The van der Waals surface area contributed by atoms with E-state index in [9.17, 15) is 0 Å². The normalized spacial score (nSPS) is 26.1. The van der Waals surface area contributed by atoms with Crippen LogP contribution in [0.15, 0.2) is 54.6 Å². The van der Waals surface area contributed by atoms with Gasteiger partial charge in [0.05, 0.1) is 16.8 Å².